The Morgan fingerprint density at radius 3 is 1.91 bits per heavy atom. The summed E-state index contributed by atoms with van der Waals surface area (Å²) >= 11 is 0. The van der Waals surface area contributed by atoms with Gasteiger partial charge >= 0.3 is 0 Å². The Kier molecular flexibility index (Phi) is 5.59. The molecular weight excluding hydrogens is 530 g/mol. The van der Waals surface area contributed by atoms with Gasteiger partial charge in [0.05, 0.1) is 11.0 Å². The van der Waals surface area contributed by atoms with Crippen LogP contribution < -0.4 is 0 Å². The molecule has 0 saturated carbocycles. The third kappa shape index (κ3) is 3.72. The third-order valence-corrected chi connectivity index (χ3v) is 9.97. The van der Waals surface area contributed by atoms with E-state index in [1.165, 1.54) is 87.6 Å². The first-order chi connectivity index (χ1) is 21.7. The van der Waals surface area contributed by atoms with Gasteiger partial charge in [0.25, 0.3) is 0 Å². The van der Waals surface area contributed by atoms with E-state index >= 15 is 0 Å². The Hall–Kier alpha value is -5.14. The highest BCUT2D eigenvalue weighted by Crippen LogP contribution is 2.44. The number of para-hydroxylation sites is 2. The van der Waals surface area contributed by atoms with Gasteiger partial charge in [0.1, 0.15) is 0 Å². The van der Waals surface area contributed by atoms with Crippen LogP contribution >= 0.6 is 0 Å². The molecule has 0 radical (unpaired) electrons. The number of hydrogen-bond donors (Lipinski definition) is 0. The molecule has 8 aromatic rings. The molecule has 0 fully saturated rings. The third-order valence-electron chi connectivity index (χ3n) is 9.97. The Morgan fingerprint density at radius 1 is 0.591 bits per heavy atom. The summed E-state index contributed by atoms with van der Waals surface area (Å²) in [6.45, 7) is 4.59. The summed E-state index contributed by atoms with van der Waals surface area (Å²) in [6, 6.07) is 45.4. The molecule has 0 aliphatic heterocycles. The zero-order chi connectivity index (χ0) is 29.4. The maximum atomic E-state index is 2.49. The number of aromatic nitrogens is 1. The van der Waals surface area contributed by atoms with Crippen LogP contribution in [-0.2, 0) is 6.42 Å². The largest absolute Gasteiger partial charge is 0.313 e. The molecule has 0 N–H and O–H groups in total. The summed E-state index contributed by atoms with van der Waals surface area (Å²) in [5.41, 5.74) is 10.6. The molecule has 0 amide bonds. The van der Waals surface area contributed by atoms with Crippen molar-refractivity contribution in [3.05, 3.63) is 145 Å². The number of allylic oxidation sites excluding steroid dienone is 4. The van der Waals surface area contributed by atoms with Crippen molar-refractivity contribution in [1.82, 2.24) is 4.57 Å². The minimum Gasteiger partial charge on any atom is -0.313 e. The van der Waals surface area contributed by atoms with Gasteiger partial charge in [-0.25, -0.2) is 0 Å². The lowest BCUT2D eigenvalue weighted by Gasteiger charge is -2.25. The first kappa shape index (κ1) is 25.4. The van der Waals surface area contributed by atoms with E-state index < -0.39 is 0 Å². The van der Waals surface area contributed by atoms with Crippen molar-refractivity contribution in [2.45, 2.75) is 26.7 Å². The molecule has 1 aliphatic carbocycles. The second kappa shape index (κ2) is 9.69. The zero-order valence-electron chi connectivity index (χ0n) is 25.1. The lowest BCUT2D eigenvalue weighted by molar-refractivity contribution is 0.736. The first-order valence-electron chi connectivity index (χ1n) is 15.9. The fraction of sp³-hybridized carbons (Fsp3) is 0.116. The molecule has 0 saturated heterocycles. The summed E-state index contributed by atoms with van der Waals surface area (Å²) in [5, 5.41) is 10.7. The van der Waals surface area contributed by atoms with Crippen LogP contribution in [-0.4, -0.2) is 4.57 Å². The van der Waals surface area contributed by atoms with Gasteiger partial charge in [-0.05, 0) is 103 Å². The van der Waals surface area contributed by atoms with Crippen molar-refractivity contribution in [3.8, 4) is 11.1 Å². The summed E-state index contributed by atoms with van der Waals surface area (Å²) in [4.78, 5) is 0. The molecule has 9 rings (SSSR count). The van der Waals surface area contributed by atoms with Gasteiger partial charge in [0.2, 0.25) is 0 Å². The van der Waals surface area contributed by atoms with Crippen LogP contribution in [0.5, 0.6) is 0 Å². The topological polar surface area (TPSA) is 4.93 Å². The van der Waals surface area contributed by atoms with Crippen LogP contribution in [0.4, 0.5) is 0 Å². The second-order valence-corrected chi connectivity index (χ2v) is 12.5. The van der Waals surface area contributed by atoms with E-state index in [0.29, 0.717) is 5.92 Å². The Morgan fingerprint density at radius 2 is 1.23 bits per heavy atom. The van der Waals surface area contributed by atoms with Gasteiger partial charge in [-0.15, -0.1) is 0 Å². The van der Waals surface area contributed by atoms with Crippen molar-refractivity contribution in [2.75, 3.05) is 0 Å². The molecule has 1 nitrogen and oxygen atoms in total. The van der Waals surface area contributed by atoms with Gasteiger partial charge in [-0.2, -0.15) is 0 Å². The molecule has 1 heterocycles. The molecule has 1 aromatic heterocycles. The Labute approximate surface area is 257 Å². The molecular formula is C43H33N. The molecule has 1 heteroatoms. The number of fused-ring (bicyclic) bond motifs is 3. The normalized spacial score (nSPS) is 15.5. The standard InChI is InChI=1S/C43H33N/c1-3-28-12-14-29(15-13-28)34-25-32-17-16-30-18-21-35(38-22-19-33(26-34)42(32)43(30)38)31-20-23-39(27(2)24-31)44-40-10-6-4-8-36(40)37-9-5-7-11-41(37)44/h4-23,25-27H,3,24H2,1-2H3. The van der Waals surface area contributed by atoms with Crippen LogP contribution in [0.3, 0.4) is 0 Å². The van der Waals surface area contributed by atoms with E-state index in [1.807, 2.05) is 0 Å². The Balaban J connectivity index is 1.19. The maximum absolute atomic E-state index is 2.49. The van der Waals surface area contributed by atoms with Crippen molar-refractivity contribution in [1.29, 1.82) is 0 Å². The second-order valence-electron chi connectivity index (χ2n) is 12.5. The van der Waals surface area contributed by atoms with E-state index in [0.717, 1.165) is 12.8 Å². The number of aryl methyl sites for hydroxylation is 1. The van der Waals surface area contributed by atoms with Gasteiger partial charge in [-0.3, -0.25) is 0 Å². The highest BCUT2D eigenvalue weighted by molar-refractivity contribution is 6.25. The van der Waals surface area contributed by atoms with E-state index in [9.17, 15) is 0 Å². The summed E-state index contributed by atoms with van der Waals surface area (Å²) in [5.74, 6) is 0.384. The quantitative estimate of drug-likeness (QED) is 0.188. The molecule has 1 atom stereocenters. The lowest BCUT2D eigenvalue weighted by Crippen LogP contribution is -2.10. The maximum Gasteiger partial charge on any atom is 0.0537 e. The average Bonchev–Trinajstić information content (AvgIpc) is 3.41. The zero-order valence-corrected chi connectivity index (χ0v) is 25.1. The molecule has 44 heavy (non-hydrogen) atoms. The fourth-order valence-electron chi connectivity index (χ4n) is 7.75. The molecule has 7 aromatic carbocycles. The fourth-order valence-corrected chi connectivity index (χ4v) is 7.75. The van der Waals surface area contributed by atoms with Crippen LogP contribution in [0, 0.1) is 5.92 Å². The SMILES string of the molecule is CCc1ccc(-c2cc3ccc4ccc(C5=CC=C(n6c7ccccc7c7ccccc76)C(C)C5)c5ccc(c2)c3c45)cc1. The summed E-state index contributed by atoms with van der Waals surface area (Å²) in [6.07, 6.45) is 6.82. The van der Waals surface area contributed by atoms with Crippen molar-refractivity contribution < 1.29 is 0 Å². The summed E-state index contributed by atoms with van der Waals surface area (Å²) in [7, 11) is 0. The van der Waals surface area contributed by atoms with Gasteiger partial charge in [-0.1, -0.05) is 117 Å². The monoisotopic (exact) mass is 563 g/mol. The average molecular weight is 564 g/mol. The lowest BCUT2D eigenvalue weighted by atomic mass is 9.84. The minimum absolute atomic E-state index is 0.384. The molecule has 1 unspecified atom stereocenters. The van der Waals surface area contributed by atoms with Crippen molar-refractivity contribution in [3.63, 3.8) is 0 Å². The number of nitrogens with zero attached hydrogens (tertiary/aromatic N) is 1. The highest BCUT2D eigenvalue weighted by Gasteiger charge is 2.23. The Bertz CT molecular complexity index is 2380. The molecule has 0 spiro atoms. The molecule has 0 bridgehead atoms. The van der Waals surface area contributed by atoms with Crippen LogP contribution in [0.15, 0.2) is 133 Å². The number of hydrogen-bond acceptors (Lipinski definition) is 0. The van der Waals surface area contributed by atoms with E-state index in [4.69, 9.17) is 0 Å². The van der Waals surface area contributed by atoms with E-state index in [-0.39, 0.29) is 0 Å². The van der Waals surface area contributed by atoms with E-state index in [1.54, 1.807) is 0 Å². The van der Waals surface area contributed by atoms with Crippen LogP contribution in [0.2, 0.25) is 0 Å². The predicted octanol–water partition coefficient (Wildman–Crippen LogP) is 11.9. The van der Waals surface area contributed by atoms with Crippen LogP contribution in [0.1, 0.15) is 31.4 Å². The van der Waals surface area contributed by atoms with E-state index in [2.05, 4.69) is 152 Å². The van der Waals surface area contributed by atoms with Crippen LogP contribution in [0.25, 0.3) is 76.5 Å². The first-order valence-corrected chi connectivity index (χ1v) is 15.9. The van der Waals surface area contributed by atoms with Gasteiger partial charge in [0.15, 0.2) is 0 Å². The van der Waals surface area contributed by atoms with Gasteiger partial charge in [0, 0.05) is 22.4 Å². The van der Waals surface area contributed by atoms with Gasteiger partial charge < -0.3 is 4.57 Å². The van der Waals surface area contributed by atoms with Crippen molar-refractivity contribution >= 4 is 65.4 Å². The summed E-state index contributed by atoms with van der Waals surface area (Å²) < 4.78 is 2.49. The number of benzene rings is 7. The highest BCUT2D eigenvalue weighted by atomic mass is 15.0. The van der Waals surface area contributed by atoms with Crippen molar-refractivity contribution in [2.24, 2.45) is 5.92 Å². The smallest absolute Gasteiger partial charge is 0.0537 e. The molecule has 210 valence electrons. The number of rotatable bonds is 4. The minimum atomic E-state index is 0.384. The predicted molar refractivity (Wildman–Crippen MR) is 190 cm³/mol. The molecule has 1 aliphatic rings.